The minimum Gasteiger partial charge on any atom is -0.489 e. The van der Waals surface area contributed by atoms with Crippen molar-refractivity contribution in [2.24, 2.45) is 5.73 Å². The van der Waals surface area contributed by atoms with Gasteiger partial charge in [0.15, 0.2) is 5.96 Å². The number of rotatable bonds is 9. The average molecular weight is 561 g/mol. The third-order valence-electron chi connectivity index (χ3n) is 6.66. The maximum absolute atomic E-state index is 12.7. The number of fused-ring (bicyclic) bond motifs is 2. The first-order chi connectivity index (χ1) is 19.8. The van der Waals surface area contributed by atoms with Crippen molar-refractivity contribution < 1.29 is 23.8 Å². The molecule has 0 bridgehead atoms. The maximum atomic E-state index is 12.7. The smallest absolute Gasteiger partial charge is 0.410 e. The van der Waals surface area contributed by atoms with Crippen LogP contribution < -0.4 is 15.8 Å². The molecular formula is C28H32N8O5. The van der Waals surface area contributed by atoms with Gasteiger partial charge < -0.3 is 40.1 Å². The quantitative estimate of drug-likeness (QED) is 0.0884. The second-order valence-corrected chi connectivity index (χ2v) is 9.51. The Labute approximate surface area is 235 Å². The van der Waals surface area contributed by atoms with Gasteiger partial charge in [0.2, 0.25) is 0 Å². The van der Waals surface area contributed by atoms with Crippen molar-refractivity contribution in [3.63, 3.8) is 0 Å². The molecule has 0 saturated carbocycles. The third-order valence-corrected chi connectivity index (χ3v) is 6.66. The lowest BCUT2D eigenvalue weighted by atomic mass is 10.1. The number of carbonyl (C=O) groups is 2. The molecule has 3 heterocycles. The zero-order valence-corrected chi connectivity index (χ0v) is 22.8. The molecule has 1 unspecified atom stereocenters. The van der Waals surface area contributed by atoms with Gasteiger partial charge in [-0.2, -0.15) is 0 Å². The first-order valence-electron chi connectivity index (χ1n) is 13.3. The molecule has 214 valence electrons. The Kier molecular flexibility index (Phi) is 8.04. The Morgan fingerprint density at radius 1 is 1.12 bits per heavy atom. The maximum Gasteiger partial charge on any atom is 0.410 e. The van der Waals surface area contributed by atoms with Crippen molar-refractivity contribution in [2.75, 3.05) is 31.7 Å². The Balaban J connectivity index is 1.16. The summed E-state index contributed by atoms with van der Waals surface area (Å²) in [6, 6.07) is 12.3. The fraction of sp³-hybridized carbons (Fsp3) is 0.321. The minimum absolute atomic E-state index is 0.0257. The molecular weight excluding hydrogens is 528 g/mol. The standard InChI is InChI=1S/C28H32N8O5/c1-3-39-26(37)18-6-4-5-7-23(18)40-12-13-41-28(38)36-11-10-20-22(15-36)35-25(33-20)16(2)24-32-19-9-8-17(31-27(29)30)14-21(19)34-24/h4-9,14,16H,3,10-13,15H2,1-2H3,(H,32,34)(H,33,35)(H4,29,30,31). The Bertz CT molecular complexity index is 1580. The van der Waals surface area contributed by atoms with E-state index in [2.05, 4.69) is 15.3 Å². The zero-order valence-electron chi connectivity index (χ0n) is 22.8. The van der Waals surface area contributed by atoms with E-state index in [1.165, 1.54) is 0 Å². The number of aromatic nitrogens is 4. The van der Waals surface area contributed by atoms with Crippen LogP contribution in [0, 0.1) is 5.41 Å². The number of hydrogen-bond acceptors (Lipinski definition) is 8. The van der Waals surface area contributed by atoms with E-state index in [9.17, 15) is 9.59 Å². The van der Waals surface area contributed by atoms with Crippen LogP contribution in [0.3, 0.4) is 0 Å². The number of guanidine groups is 1. The van der Waals surface area contributed by atoms with Crippen LogP contribution in [0.5, 0.6) is 5.75 Å². The second-order valence-electron chi connectivity index (χ2n) is 9.51. The lowest BCUT2D eigenvalue weighted by molar-refractivity contribution is 0.0517. The summed E-state index contributed by atoms with van der Waals surface area (Å²) in [5.74, 6) is 1.12. The van der Waals surface area contributed by atoms with E-state index in [-0.39, 0.29) is 31.7 Å². The van der Waals surface area contributed by atoms with Gasteiger partial charge in [0.1, 0.15) is 36.2 Å². The monoisotopic (exact) mass is 560 g/mol. The molecule has 2 aromatic heterocycles. The number of para-hydroxylation sites is 1. The highest BCUT2D eigenvalue weighted by Crippen LogP contribution is 2.27. The van der Waals surface area contributed by atoms with Gasteiger partial charge in [-0.25, -0.2) is 19.6 Å². The van der Waals surface area contributed by atoms with E-state index in [1.807, 2.05) is 25.1 Å². The number of amides is 1. The second kappa shape index (κ2) is 12.0. The first kappa shape index (κ1) is 27.5. The molecule has 1 atom stereocenters. The number of nitrogens with one attached hydrogen (secondary N) is 4. The molecule has 0 radical (unpaired) electrons. The number of nitrogens with two attached hydrogens (primary N) is 1. The van der Waals surface area contributed by atoms with Crippen LogP contribution in [-0.4, -0.2) is 69.2 Å². The van der Waals surface area contributed by atoms with Crippen molar-refractivity contribution in [2.45, 2.75) is 32.7 Å². The molecule has 0 fully saturated rings. The molecule has 0 aliphatic carbocycles. The Hall–Kier alpha value is -5.07. The van der Waals surface area contributed by atoms with Gasteiger partial charge in [-0.1, -0.05) is 12.1 Å². The number of imidazole rings is 2. The van der Waals surface area contributed by atoms with Gasteiger partial charge in [-0.15, -0.1) is 0 Å². The normalized spacial score (nSPS) is 13.4. The topological polar surface area (TPSA) is 184 Å². The number of hydrogen-bond donors (Lipinski definition) is 5. The summed E-state index contributed by atoms with van der Waals surface area (Å²) in [5.41, 5.74) is 9.83. The van der Waals surface area contributed by atoms with E-state index in [0.29, 0.717) is 36.5 Å². The lowest BCUT2D eigenvalue weighted by Gasteiger charge is -2.25. The van der Waals surface area contributed by atoms with Crippen molar-refractivity contribution in [1.29, 1.82) is 5.41 Å². The van der Waals surface area contributed by atoms with Gasteiger partial charge in [0, 0.05) is 24.3 Å². The van der Waals surface area contributed by atoms with Gasteiger partial charge in [-0.3, -0.25) is 5.41 Å². The van der Waals surface area contributed by atoms with Gasteiger partial charge in [-0.05, 0) is 44.2 Å². The molecule has 13 heteroatoms. The predicted molar refractivity (Wildman–Crippen MR) is 151 cm³/mol. The SMILES string of the molecule is CCOC(=O)c1ccccc1OCCOC(=O)N1CCc2[nH]c(C(C)c3nc4ccc(NC(=N)N)cc4[nH]3)nc2C1. The summed E-state index contributed by atoms with van der Waals surface area (Å²) >= 11 is 0. The van der Waals surface area contributed by atoms with E-state index in [0.717, 1.165) is 34.1 Å². The van der Waals surface area contributed by atoms with Crippen molar-refractivity contribution in [3.05, 3.63) is 71.1 Å². The van der Waals surface area contributed by atoms with Gasteiger partial charge >= 0.3 is 12.1 Å². The summed E-state index contributed by atoms with van der Waals surface area (Å²) < 4.78 is 16.2. The molecule has 1 amide bonds. The van der Waals surface area contributed by atoms with Crippen molar-refractivity contribution >= 4 is 34.7 Å². The fourth-order valence-electron chi connectivity index (χ4n) is 4.61. The molecule has 41 heavy (non-hydrogen) atoms. The fourth-order valence-corrected chi connectivity index (χ4v) is 4.61. The molecule has 0 saturated heterocycles. The number of carbonyl (C=O) groups excluding carboxylic acids is 2. The Morgan fingerprint density at radius 2 is 1.93 bits per heavy atom. The third kappa shape index (κ3) is 6.24. The van der Waals surface area contributed by atoms with Crippen LogP contribution in [0.4, 0.5) is 10.5 Å². The Morgan fingerprint density at radius 3 is 2.73 bits per heavy atom. The number of nitrogens with zero attached hydrogens (tertiary/aromatic N) is 3. The van der Waals surface area contributed by atoms with Gasteiger partial charge in [0.25, 0.3) is 0 Å². The summed E-state index contributed by atoms with van der Waals surface area (Å²) in [6.45, 7) is 4.94. The minimum atomic E-state index is -0.465. The molecule has 13 nitrogen and oxygen atoms in total. The van der Waals surface area contributed by atoms with Crippen LogP contribution in [0.15, 0.2) is 42.5 Å². The van der Waals surface area contributed by atoms with Crippen LogP contribution >= 0.6 is 0 Å². The average Bonchev–Trinajstić information content (AvgIpc) is 3.58. The number of aromatic amines is 2. The number of anilines is 1. The summed E-state index contributed by atoms with van der Waals surface area (Å²) in [6.07, 6.45) is 0.163. The van der Waals surface area contributed by atoms with E-state index < -0.39 is 12.1 Å². The highest BCUT2D eigenvalue weighted by molar-refractivity contribution is 5.93. The molecule has 6 N–H and O–H groups in total. The van der Waals surface area contributed by atoms with Crippen LogP contribution in [0.2, 0.25) is 0 Å². The summed E-state index contributed by atoms with van der Waals surface area (Å²) in [7, 11) is 0. The largest absolute Gasteiger partial charge is 0.489 e. The molecule has 0 spiro atoms. The summed E-state index contributed by atoms with van der Waals surface area (Å²) in [4.78, 5) is 42.6. The first-order valence-corrected chi connectivity index (χ1v) is 13.3. The number of esters is 1. The molecule has 2 aromatic carbocycles. The molecule has 1 aliphatic rings. The van der Waals surface area contributed by atoms with Crippen LogP contribution in [0.25, 0.3) is 11.0 Å². The molecule has 5 rings (SSSR count). The molecule has 1 aliphatic heterocycles. The van der Waals surface area contributed by atoms with E-state index in [1.54, 1.807) is 36.1 Å². The number of ether oxygens (including phenoxy) is 3. The molecule has 4 aromatic rings. The lowest BCUT2D eigenvalue weighted by Crippen LogP contribution is -2.37. The van der Waals surface area contributed by atoms with Gasteiger partial charge in [0.05, 0.1) is 35.8 Å². The van der Waals surface area contributed by atoms with Crippen LogP contribution in [0.1, 0.15) is 53.2 Å². The van der Waals surface area contributed by atoms with Crippen LogP contribution in [-0.2, 0) is 22.4 Å². The van der Waals surface area contributed by atoms with E-state index in [4.69, 9.17) is 35.3 Å². The predicted octanol–water partition coefficient (Wildman–Crippen LogP) is 3.49. The highest BCUT2D eigenvalue weighted by atomic mass is 16.6. The summed E-state index contributed by atoms with van der Waals surface area (Å²) in [5, 5.41) is 10.2. The van der Waals surface area contributed by atoms with Crippen molar-refractivity contribution in [1.82, 2.24) is 24.8 Å². The van der Waals surface area contributed by atoms with Crippen molar-refractivity contribution in [3.8, 4) is 5.75 Å². The van der Waals surface area contributed by atoms with E-state index >= 15 is 0 Å². The highest BCUT2D eigenvalue weighted by Gasteiger charge is 2.27. The number of H-pyrrole nitrogens is 2. The number of benzene rings is 2. The zero-order chi connectivity index (χ0) is 28.9.